The average molecular weight is 203 g/mol. The third kappa shape index (κ3) is 3.29. The number of hydrogen-bond acceptors (Lipinski definition) is 2. The van der Waals surface area contributed by atoms with Crippen molar-refractivity contribution in [2.75, 3.05) is 26.2 Å². The molecule has 0 aromatic rings. The van der Waals surface area contributed by atoms with Gasteiger partial charge in [0.15, 0.2) is 0 Å². The Morgan fingerprint density at radius 3 is 3.08 bits per heavy atom. The van der Waals surface area contributed by atoms with E-state index in [9.17, 15) is 0 Å². The van der Waals surface area contributed by atoms with Crippen LogP contribution in [0.3, 0.4) is 0 Å². The molecule has 0 aromatic heterocycles. The van der Waals surface area contributed by atoms with E-state index in [4.69, 9.17) is 11.6 Å². The molecule has 0 aliphatic carbocycles. The highest BCUT2D eigenvalue weighted by Gasteiger charge is 2.19. The number of piperazine rings is 1. The van der Waals surface area contributed by atoms with Crippen LogP contribution in [0.2, 0.25) is 0 Å². The smallest absolute Gasteiger partial charge is 0.0221 e. The molecular weight excluding hydrogens is 184 g/mol. The molecule has 1 saturated heterocycles. The molecule has 1 unspecified atom stereocenters. The zero-order valence-electron chi connectivity index (χ0n) is 8.52. The monoisotopic (exact) mass is 202 g/mol. The predicted molar refractivity (Wildman–Crippen MR) is 58.1 cm³/mol. The first kappa shape index (κ1) is 11.0. The van der Waals surface area contributed by atoms with Crippen molar-refractivity contribution in [3.63, 3.8) is 0 Å². The van der Waals surface area contributed by atoms with Gasteiger partial charge in [-0.05, 0) is 18.9 Å². The molecule has 0 spiro atoms. The molecule has 0 radical (unpaired) electrons. The summed E-state index contributed by atoms with van der Waals surface area (Å²) in [6.07, 6.45) is 1.21. The summed E-state index contributed by atoms with van der Waals surface area (Å²) in [5, 5.41) is 3.41. The van der Waals surface area contributed by atoms with Crippen molar-refractivity contribution in [1.29, 1.82) is 0 Å². The van der Waals surface area contributed by atoms with Crippen molar-refractivity contribution in [3.05, 3.63) is 11.1 Å². The summed E-state index contributed by atoms with van der Waals surface area (Å²) in [5.74, 6) is 0. The molecule has 3 heteroatoms. The lowest BCUT2D eigenvalue weighted by atomic mass is 10.1. The highest BCUT2D eigenvalue weighted by atomic mass is 35.5. The van der Waals surface area contributed by atoms with Gasteiger partial charge in [-0.15, -0.1) is 0 Å². The molecule has 1 aliphatic rings. The van der Waals surface area contributed by atoms with Gasteiger partial charge in [-0.25, -0.2) is 0 Å². The van der Waals surface area contributed by atoms with E-state index >= 15 is 0 Å². The van der Waals surface area contributed by atoms with E-state index in [1.165, 1.54) is 12.0 Å². The molecule has 0 amide bonds. The van der Waals surface area contributed by atoms with Gasteiger partial charge in [0.05, 0.1) is 0 Å². The van der Waals surface area contributed by atoms with Crippen molar-refractivity contribution in [3.8, 4) is 0 Å². The molecular formula is C10H19ClN2. The van der Waals surface area contributed by atoms with Gasteiger partial charge < -0.3 is 5.32 Å². The van der Waals surface area contributed by atoms with Crippen LogP contribution < -0.4 is 5.32 Å². The summed E-state index contributed by atoms with van der Waals surface area (Å²) in [5.41, 5.74) is 2.94. The molecule has 13 heavy (non-hydrogen) atoms. The highest BCUT2D eigenvalue weighted by Crippen LogP contribution is 2.09. The van der Waals surface area contributed by atoms with Crippen LogP contribution in [-0.2, 0) is 0 Å². The van der Waals surface area contributed by atoms with Gasteiger partial charge in [-0.2, -0.15) is 0 Å². The van der Waals surface area contributed by atoms with Crippen LogP contribution >= 0.6 is 11.6 Å². The first-order valence-corrected chi connectivity index (χ1v) is 5.42. The fraction of sp³-hybridized carbons (Fsp3) is 0.800. The molecule has 76 valence electrons. The fourth-order valence-electron chi connectivity index (χ4n) is 1.77. The fourth-order valence-corrected chi connectivity index (χ4v) is 1.84. The molecule has 0 saturated carbocycles. The first-order valence-electron chi connectivity index (χ1n) is 4.98. The maximum atomic E-state index is 5.66. The number of nitrogens with one attached hydrogen (secondary N) is 1. The lowest BCUT2D eigenvalue weighted by molar-refractivity contribution is 0.171. The second-order valence-corrected chi connectivity index (χ2v) is 3.91. The summed E-state index contributed by atoms with van der Waals surface area (Å²) >= 11 is 5.66. The Kier molecular flexibility index (Phi) is 4.78. The minimum atomic E-state index is 0.681. The van der Waals surface area contributed by atoms with Gasteiger partial charge >= 0.3 is 0 Å². The Labute approximate surface area is 85.9 Å². The van der Waals surface area contributed by atoms with E-state index in [1.54, 1.807) is 5.54 Å². The lowest BCUT2D eigenvalue weighted by Crippen LogP contribution is -2.51. The van der Waals surface area contributed by atoms with E-state index < -0.39 is 0 Å². The largest absolute Gasteiger partial charge is 0.314 e. The van der Waals surface area contributed by atoms with Crippen LogP contribution in [-0.4, -0.2) is 37.1 Å². The van der Waals surface area contributed by atoms with Crippen LogP contribution in [0.4, 0.5) is 0 Å². The van der Waals surface area contributed by atoms with Crippen LogP contribution in [0.1, 0.15) is 20.3 Å². The maximum Gasteiger partial charge on any atom is 0.0221 e. The molecule has 0 aromatic carbocycles. The third-order valence-electron chi connectivity index (χ3n) is 2.58. The zero-order valence-corrected chi connectivity index (χ0v) is 9.27. The highest BCUT2D eigenvalue weighted by molar-refractivity contribution is 6.25. The Bertz CT molecular complexity index is 180. The number of nitrogens with zero attached hydrogens (tertiary/aromatic N) is 1. The molecule has 1 atom stereocenters. The average Bonchev–Trinajstić information content (AvgIpc) is 2.18. The van der Waals surface area contributed by atoms with Gasteiger partial charge in [0.2, 0.25) is 0 Å². The van der Waals surface area contributed by atoms with Gasteiger partial charge in [0.25, 0.3) is 0 Å². The maximum absolute atomic E-state index is 5.66. The Morgan fingerprint density at radius 2 is 2.46 bits per heavy atom. The van der Waals surface area contributed by atoms with Gasteiger partial charge in [-0.1, -0.05) is 18.5 Å². The van der Waals surface area contributed by atoms with Crippen molar-refractivity contribution < 1.29 is 0 Å². The predicted octanol–water partition coefficient (Wildman–Crippen LogP) is 1.81. The topological polar surface area (TPSA) is 15.3 Å². The summed E-state index contributed by atoms with van der Waals surface area (Å²) in [4.78, 5) is 2.50. The summed E-state index contributed by atoms with van der Waals surface area (Å²) in [7, 11) is 0. The van der Waals surface area contributed by atoms with E-state index in [1.807, 2.05) is 0 Å². The second kappa shape index (κ2) is 5.63. The van der Waals surface area contributed by atoms with E-state index in [2.05, 4.69) is 24.1 Å². The molecule has 1 fully saturated rings. The minimum absolute atomic E-state index is 0.681. The normalized spacial score (nSPS) is 26.4. The SMILES string of the molecule is CCC1CNCCN1CC(C)=CCl. The van der Waals surface area contributed by atoms with Crippen molar-refractivity contribution in [1.82, 2.24) is 10.2 Å². The summed E-state index contributed by atoms with van der Waals surface area (Å²) < 4.78 is 0. The molecule has 1 rings (SSSR count). The van der Waals surface area contributed by atoms with E-state index in [0.717, 1.165) is 26.2 Å². The Morgan fingerprint density at radius 1 is 1.69 bits per heavy atom. The van der Waals surface area contributed by atoms with Crippen molar-refractivity contribution >= 4 is 11.6 Å². The van der Waals surface area contributed by atoms with Crippen molar-refractivity contribution in [2.24, 2.45) is 0 Å². The van der Waals surface area contributed by atoms with E-state index in [0.29, 0.717) is 6.04 Å². The molecule has 1 N–H and O–H groups in total. The number of rotatable bonds is 3. The van der Waals surface area contributed by atoms with Crippen LogP contribution in [0.25, 0.3) is 0 Å². The van der Waals surface area contributed by atoms with Gasteiger partial charge in [0.1, 0.15) is 0 Å². The number of hydrogen-bond donors (Lipinski definition) is 1. The van der Waals surface area contributed by atoms with Gasteiger partial charge in [0, 0.05) is 37.8 Å². The molecule has 0 bridgehead atoms. The minimum Gasteiger partial charge on any atom is -0.314 e. The summed E-state index contributed by atoms with van der Waals surface area (Å²) in [6, 6.07) is 0.681. The van der Waals surface area contributed by atoms with E-state index in [-0.39, 0.29) is 0 Å². The second-order valence-electron chi connectivity index (χ2n) is 3.69. The van der Waals surface area contributed by atoms with Crippen LogP contribution in [0.5, 0.6) is 0 Å². The third-order valence-corrected chi connectivity index (χ3v) is 2.95. The number of halogens is 1. The summed E-state index contributed by atoms with van der Waals surface area (Å²) in [6.45, 7) is 8.70. The van der Waals surface area contributed by atoms with Crippen LogP contribution in [0.15, 0.2) is 11.1 Å². The Hall–Kier alpha value is -0.0500. The van der Waals surface area contributed by atoms with Gasteiger partial charge in [-0.3, -0.25) is 4.90 Å². The molecule has 2 nitrogen and oxygen atoms in total. The standard InChI is InChI=1S/C10H19ClN2/c1-3-10-7-12-4-5-13(10)8-9(2)6-11/h6,10,12H,3-5,7-8H2,1-2H3. The molecule has 1 heterocycles. The molecule has 1 aliphatic heterocycles. The zero-order chi connectivity index (χ0) is 9.68. The lowest BCUT2D eigenvalue weighted by Gasteiger charge is -2.35. The quantitative estimate of drug-likeness (QED) is 0.751. The first-order chi connectivity index (χ1) is 6.27. The van der Waals surface area contributed by atoms with Crippen LogP contribution in [0, 0.1) is 0 Å². The Balaban J connectivity index is 2.45. The van der Waals surface area contributed by atoms with Crippen molar-refractivity contribution in [2.45, 2.75) is 26.3 Å².